The van der Waals surface area contributed by atoms with Crippen molar-refractivity contribution in [2.24, 2.45) is 5.73 Å². The molecule has 120 valence electrons. The zero-order valence-corrected chi connectivity index (χ0v) is 14.1. The molecule has 1 fully saturated rings. The van der Waals surface area contributed by atoms with Crippen LogP contribution in [0, 0.1) is 6.92 Å². The SMILES string of the molecule is Cc1cnccc1C1CNNC1c1ccc(CN)cc1.Cl.Cl. The van der Waals surface area contributed by atoms with Gasteiger partial charge in [0.05, 0.1) is 6.04 Å². The summed E-state index contributed by atoms with van der Waals surface area (Å²) in [5.41, 5.74) is 17.4. The van der Waals surface area contributed by atoms with Crippen LogP contribution in [0.15, 0.2) is 42.7 Å². The van der Waals surface area contributed by atoms with Crippen LogP contribution in [0.25, 0.3) is 0 Å². The monoisotopic (exact) mass is 340 g/mol. The molecule has 0 aliphatic carbocycles. The third-order valence-corrected chi connectivity index (χ3v) is 4.02. The van der Waals surface area contributed by atoms with Gasteiger partial charge in [-0.25, -0.2) is 5.43 Å². The Hall–Kier alpha value is -1.17. The number of aromatic nitrogens is 1. The van der Waals surface area contributed by atoms with Crippen molar-refractivity contribution < 1.29 is 0 Å². The molecule has 2 unspecified atom stereocenters. The van der Waals surface area contributed by atoms with E-state index in [-0.39, 0.29) is 30.9 Å². The maximum atomic E-state index is 5.66. The van der Waals surface area contributed by atoms with Gasteiger partial charge >= 0.3 is 0 Å². The van der Waals surface area contributed by atoms with Crippen LogP contribution in [-0.2, 0) is 6.54 Å². The first-order valence-electron chi connectivity index (χ1n) is 6.97. The number of benzene rings is 1. The lowest BCUT2D eigenvalue weighted by Crippen LogP contribution is -2.24. The molecule has 2 heterocycles. The van der Waals surface area contributed by atoms with Gasteiger partial charge < -0.3 is 5.73 Å². The number of aryl methyl sites for hydroxylation is 1. The lowest BCUT2D eigenvalue weighted by molar-refractivity contribution is 0.553. The second-order valence-corrected chi connectivity index (χ2v) is 5.29. The van der Waals surface area contributed by atoms with E-state index in [2.05, 4.69) is 53.1 Å². The highest BCUT2D eigenvalue weighted by Crippen LogP contribution is 2.34. The number of nitrogens with zero attached hydrogens (tertiary/aromatic N) is 1. The second-order valence-electron chi connectivity index (χ2n) is 5.29. The summed E-state index contributed by atoms with van der Waals surface area (Å²) in [4.78, 5) is 4.18. The number of pyridine rings is 1. The molecule has 1 aliphatic heterocycles. The van der Waals surface area contributed by atoms with Gasteiger partial charge in [0.1, 0.15) is 0 Å². The Kier molecular flexibility index (Phi) is 7.26. The Balaban J connectivity index is 0.00000121. The Bertz CT molecular complexity index is 589. The maximum Gasteiger partial charge on any atom is 0.0543 e. The fourth-order valence-electron chi connectivity index (χ4n) is 2.86. The number of halogens is 2. The summed E-state index contributed by atoms with van der Waals surface area (Å²) in [7, 11) is 0. The van der Waals surface area contributed by atoms with Crippen molar-refractivity contribution >= 4 is 24.8 Å². The third-order valence-electron chi connectivity index (χ3n) is 4.02. The van der Waals surface area contributed by atoms with Crippen molar-refractivity contribution in [1.29, 1.82) is 0 Å². The molecule has 0 bridgehead atoms. The summed E-state index contributed by atoms with van der Waals surface area (Å²) < 4.78 is 0. The molecule has 4 nitrogen and oxygen atoms in total. The summed E-state index contributed by atoms with van der Waals surface area (Å²) in [6.07, 6.45) is 3.80. The van der Waals surface area contributed by atoms with Crippen LogP contribution in [0.2, 0.25) is 0 Å². The van der Waals surface area contributed by atoms with Gasteiger partial charge in [-0.15, -0.1) is 24.8 Å². The highest BCUT2D eigenvalue weighted by atomic mass is 35.5. The summed E-state index contributed by atoms with van der Waals surface area (Å²) in [6, 6.07) is 10.9. The maximum absolute atomic E-state index is 5.66. The van der Waals surface area contributed by atoms with Crippen molar-refractivity contribution in [3.8, 4) is 0 Å². The molecule has 1 aromatic heterocycles. The molecular formula is C16H22Cl2N4. The number of nitrogens with two attached hydrogens (primary N) is 1. The van der Waals surface area contributed by atoms with E-state index in [1.165, 1.54) is 16.7 Å². The van der Waals surface area contributed by atoms with Crippen LogP contribution in [0.5, 0.6) is 0 Å². The molecule has 0 saturated carbocycles. The van der Waals surface area contributed by atoms with Crippen LogP contribution in [0.3, 0.4) is 0 Å². The number of hydrogen-bond acceptors (Lipinski definition) is 4. The van der Waals surface area contributed by atoms with E-state index in [1.807, 2.05) is 12.4 Å². The van der Waals surface area contributed by atoms with Crippen LogP contribution >= 0.6 is 24.8 Å². The van der Waals surface area contributed by atoms with Crippen molar-refractivity contribution in [1.82, 2.24) is 15.8 Å². The molecule has 1 saturated heterocycles. The predicted molar refractivity (Wildman–Crippen MR) is 94.4 cm³/mol. The van der Waals surface area contributed by atoms with Crippen LogP contribution in [0.1, 0.15) is 34.2 Å². The van der Waals surface area contributed by atoms with Crippen LogP contribution in [0.4, 0.5) is 0 Å². The highest BCUT2D eigenvalue weighted by molar-refractivity contribution is 5.85. The van der Waals surface area contributed by atoms with Gasteiger partial charge in [-0.3, -0.25) is 10.4 Å². The second kappa shape index (κ2) is 8.46. The first-order valence-corrected chi connectivity index (χ1v) is 6.97. The van der Waals surface area contributed by atoms with E-state index < -0.39 is 0 Å². The Morgan fingerprint density at radius 3 is 2.55 bits per heavy atom. The molecule has 4 N–H and O–H groups in total. The highest BCUT2D eigenvalue weighted by Gasteiger charge is 2.30. The van der Waals surface area contributed by atoms with Gasteiger partial charge in [-0.05, 0) is 35.2 Å². The Morgan fingerprint density at radius 1 is 1.18 bits per heavy atom. The van der Waals surface area contributed by atoms with E-state index in [1.54, 1.807) is 0 Å². The van der Waals surface area contributed by atoms with Gasteiger partial charge in [0.2, 0.25) is 0 Å². The zero-order chi connectivity index (χ0) is 13.9. The molecule has 0 radical (unpaired) electrons. The van der Waals surface area contributed by atoms with Gasteiger partial charge in [0, 0.05) is 31.4 Å². The average Bonchev–Trinajstić information content (AvgIpc) is 2.97. The minimum Gasteiger partial charge on any atom is -0.326 e. The predicted octanol–water partition coefficient (Wildman–Crippen LogP) is 2.63. The number of nitrogens with one attached hydrogen (secondary N) is 2. The number of hydrazine groups is 1. The molecule has 2 aromatic rings. The lowest BCUT2D eigenvalue weighted by Gasteiger charge is -2.20. The summed E-state index contributed by atoms with van der Waals surface area (Å²) in [5, 5.41) is 0. The van der Waals surface area contributed by atoms with E-state index in [9.17, 15) is 0 Å². The fourth-order valence-corrected chi connectivity index (χ4v) is 2.86. The molecule has 1 aliphatic rings. The first-order chi connectivity index (χ1) is 9.79. The summed E-state index contributed by atoms with van der Waals surface area (Å²) >= 11 is 0. The topological polar surface area (TPSA) is 63.0 Å². The molecule has 0 amide bonds. The van der Waals surface area contributed by atoms with Crippen LogP contribution < -0.4 is 16.6 Å². The number of rotatable bonds is 3. The van der Waals surface area contributed by atoms with Gasteiger partial charge in [0.25, 0.3) is 0 Å². The minimum atomic E-state index is 0. The van der Waals surface area contributed by atoms with Gasteiger partial charge in [0.15, 0.2) is 0 Å². The van der Waals surface area contributed by atoms with E-state index >= 15 is 0 Å². The molecule has 6 heteroatoms. The van der Waals surface area contributed by atoms with E-state index in [4.69, 9.17) is 5.73 Å². The van der Waals surface area contributed by atoms with Crippen LogP contribution in [-0.4, -0.2) is 11.5 Å². The molecule has 2 atom stereocenters. The Morgan fingerprint density at radius 2 is 1.91 bits per heavy atom. The quantitative estimate of drug-likeness (QED) is 0.803. The normalized spacial score (nSPS) is 20.1. The lowest BCUT2D eigenvalue weighted by atomic mass is 9.87. The van der Waals surface area contributed by atoms with E-state index in [0.29, 0.717) is 12.5 Å². The summed E-state index contributed by atoms with van der Waals surface area (Å²) in [6.45, 7) is 3.63. The molecule has 0 spiro atoms. The van der Waals surface area contributed by atoms with Crippen molar-refractivity contribution in [2.45, 2.75) is 25.4 Å². The smallest absolute Gasteiger partial charge is 0.0543 e. The third kappa shape index (κ3) is 3.77. The molecule has 22 heavy (non-hydrogen) atoms. The molecule has 1 aromatic carbocycles. The average molecular weight is 341 g/mol. The Labute approximate surface area is 143 Å². The van der Waals surface area contributed by atoms with Crippen molar-refractivity contribution in [2.75, 3.05) is 6.54 Å². The van der Waals surface area contributed by atoms with Crippen molar-refractivity contribution in [3.05, 3.63) is 65.0 Å². The largest absolute Gasteiger partial charge is 0.326 e. The first kappa shape index (κ1) is 18.9. The number of hydrogen-bond donors (Lipinski definition) is 3. The van der Waals surface area contributed by atoms with E-state index in [0.717, 1.165) is 12.1 Å². The standard InChI is InChI=1S/C16H20N4.2ClH/c1-11-9-18-7-6-14(11)15-10-19-20-16(15)13-4-2-12(8-17)3-5-13;;/h2-7,9,15-16,19-20H,8,10,17H2,1H3;2*1H. The van der Waals surface area contributed by atoms with Gasteiger partial charge in [-0.2, -0.15) is 0 Å². The molecular weight excluding hydrogens is 319 g/mol. The fraction of sp³-hybridized carbons (Fsp3) is 0.312. The zero-order valence-electron chi connectivity index (χ0n) is 12.5. The molecule has 3 rings (SSSR count). The minimum absolute atomic E-state index is 0. The van der Waals surface area contributed by atoms with Gasteiger partial charge in [-0.1, -0.05) is 24.3 Å². The summed E-state index contributed by atoms with van der Waals surface area (Å²) in [5.74, 6) is 0.418. The van der Waals surface area contributed by atoms with Crippen molar-refractivity contribution in [3.63, 3.8) is 0 Å².